The van der Waals surface area contributed by atoms with E-state index in [1.54, 1.807) is 0 Å². The first-order chi connectivity index (χ1) is 6.38. The van der Waals surface area contributed by atoms with Crippen LogP contribution in [-0.4, -0.2) is 6.54 Å². The van der Waals surface area contributed by atoms with Gasteiger partial charge in [-0.3, -0.25) is 0 Å². The van der Waals surface area contributed by atoms with Crippen LogP contribution in [0.4, 0.5) is 0 Å². The van der Waals surface area contributed by atoms with Gasteiger partial charge < -0.3 is 5.32 Å². The third-order valence-corrected chi connectivity index (χ3v) is 2.36. The maximum absolute atomic E-state index is 3.34. The molecule has 0 atom stereocenters. The molecule has 1 heteroatoms. The maximum Gasteiger partial charge on any atom is 0.0770 e. The Morgan fingerprint density at radius 1 is 1.46 bits per heavy atom. The van der Waals surface area contributed by atoms with Crippen LogP contribution in [0.25, 0.3) is 0 Å². The highest BCUT2D eigenvalue weighted by Gasteiger charge is 2.09. The molecule has 13 heavy (non-hydrogen) atoms. The lowest BCUT2D eigenvalue weighted by Crippen LogP contribution is -2.20. The van der Waals surface area contributed by atoms with Gasteiger partial charge >= 0.3 is 0 Å². The van der Waals surface area contributed by atoms with Gasteiger partial charge in [0.1, 0.15) is 0 Å². The summed E-state index contributed by atoms with van der Waals surface area (Å²) in [5.74, 6) is 6.21. The quantitative estimate of drug-likeness (QED) is 0.551. The number of nitrogens with one attached hydrogen (secondary N) is 1. The average Bonchev–Trinajstić information content (AvgIpc) is 2.14. The van der Waals surface area contributed by atoms with E-state index in [9.17, 15) is 0 Å². The number of fused-ring (bicyclic) bond motifs is 1. The number of allylic oxidation sites excluding steroid dienone is 5. The normalized spacial score (nSPS) is 20.2. The second kappa shape index (κ2) is 3.53. The molecule has 2 aliphatic rings. The van der Waals surface area contributed by atoms with Crippen LogP contribution >= 0.6 is 0 Å². The molecule has 1 aliphatic heterocycles. The van der Waals surface area contributed by atoms with E-state index in [0.717, 1.165) is 25.0 Å². The molecule has 0 aromatic rings. The molecule has 0 spiro atoms. The van der Waals surface area contributed by atoms with Crippen molar-refractivity contribution in [1.29, 1.82) is 0 Å². The zero-order chi connectivity index (χ0) is 9.10. The minimum absolute atomic E-state index is 0.785. The topological polar surface area (TPSA) is 12.0 Å². The number of hydrogen-bond donors (Lipinski definition) is 1. The second-order valence-corrected chi connectivity index (χ2v) is 3.36. The van der Waals surface area contributed by atoms with Gasteiger partial charge in [0.25, 0.3) is 0 Å². The monoisotopic (exact) mass is 171 g/mol. The smallest absolute Gasteiger partial charge is 0.0770 e. The molecule has 0 saturated heterocycles. The van der Waals surface area contributed by atoms with Crippen LogP contribution in [0, 0.1) is 11.8 Å². The largest absolute Gasteiger partial charge is 0.373 e. The Bertz CT molecular complexity index is 358. The molecule has 0 bridgehead atoms. The minimum Gasteiger partial charge on any atom is -0.373 e. The maximum atomic E-state index is 3.34. The lowest BCUT2D eigenvalue weighted by Gasteiger charge is -2.16. The van der Waals surface area contributed by atoms with Crippen molar-refractivity contribution in [3.63, 3.8) is 0 Å². The molecule has 1 heterocycles. The van der Waals surface area contributed by atoms with Gasteiger partial charge in [-0.2, -0.15) is 0 Å². The molecule has 0 fully saturated rings. The summed E-state index contributed by atoms with van der Waals surface area (Å²) in [5.41, 5.74) is 3.81. The molecular weight excluding hydrogens is 158 g/mol. The zero-order valence-corrected chi connectivity index (χ0v) is 7.85. The van der Waals surface area contributed by atoms with Crippen LogP contribution in [0.5, 0.6) is 0 Å². The highest BCUT2D eigenvalue weighted by atomic mass is 14.9. The van der Waals surface area contributed by atoms with Crippen molar-refractivity contribution in [1.82, 2.24) is 5.32 Å². The molecule has 66 valence electrons. The van der Waals surface area contributed by atoms with Gasteiger partial charge in [-0.05, 0) is 31.4 Å². The molecule has 1 aliphatic carbocycles. The summed E-state index contributed by atoms with van der Waals surface area (Å²) >= 11 is 0. The first-order valence-corrected chi connectivity index (χ1v) is 4.67. The van der Waals surface area contributed by atoms with E-state index >= 15 is 0 Å². The summed E-state index contributed by atoms with van der Waals surface area (Å²) in [6.45, 7) is 2.97. The predicted molar refractivity (Wildman–Crippen MR) is 54.9 cm³/mol. The van der Waals surface area contributed by atoms with Gasteiger partial charge in [0.2, 0.25) is 0 Å². The molecule has 0 unspecified atom stereocenters. The minimum atomic E-state index is 0.785. The average molecular weight is 171 g/mol. The Hall–Kier alpha value is -1.42. The van der Waals surface area contributed by atoms with Gasteiger partial charge in [-0.25, -0.2) is 0 Å². The van der Waals surface area contributed by atoms with E-state index in [0.29, 0.717) is 0 Å². The van der Waals surface area contributed by atoms with Crippen molar-refractivity contribution >= 4 is 0 Å². The highest BCUT2D eigenvalue weighted by Crippen LogP contribution is 2.19. The molecule has 0 amide bonds. The summed E-state index contributed by atoms with van der Waals surface area (Å²) in [5, 5.41) is 3.34. The van der Waals surface area contributed by atoms with E-state index in [-0.39, 0.29) is 0 Å². The number of rotatable bonds is 0. The Balaban J connectivity index is 2.46. The fraction of sp³-hybridized carbons (Fsp3) is 0.333. The first-order valence-electron chi connectivity index (χ1n) is 4.67. The Morgan fingerprint density at radius 3 is 3.31 bits per heavy atom. The third-order valence-electron chi connectivity index (χ3n) is 2.36. The van der Waals surface area contributed by atoms with E-state index in [4.69, 9.17) is 0 Å². The summed E-state index contributed by atoms with van der Waals surface area (Å²) in [6.07, 6.45) is 8.66. The zero-order valence-electron chi connectivity index (χ0n) is 7.85. The second-order valence-electron chi connectivity index (χ2n) is 3.36. The Morgan fingerprint density at radius 2 is 2.38 bits per heavy atom. The van der Waals surface area contributed by atoms with Crippen molar-refractivity contribution in [2.75, 3.05) is 6.54 Å². The van der Waals surface area contributed by atoms with Crippen LogP contribution < -0.4 is 5.32 Å². The van der Waals surface area contributed by atoms with Crippen molar-refractivity contribution in [2.24, 2.45) is 0 Å². The molecule has 1 N–H and O–H groups in total. The third kappa shape index (κ3) is 1.67. The molecule has 2 rings (SSSR count). The Labute approximate surface area is 79.2 Å². The molecular formula is C12H13N. The van der Waals surface area contributed by atoms with Crippen LogP contribution in [0.1, 0.15) is 19.8 Å². The molecule has 0 aromatic heterocycles. The van der Waals surface area contributed by atoms with Crippen LogP contribution in [-0.2, 0) is 0 Å². The van der Waals surface area contributed by atoms with Gasteiger partial charge in [0.15, 0.2) is 0 Å². The number of hydrogen-bond acceptors (Lipinski definition) is 1. The predicted octanol–water partition coefficient (Wildman–Crippen LogP) is 2.14. The van der Waals surface area contributed by atoms with Gasteiger partial charge in [-0.1, -0.05) is 24.0 Å². The van der Waals surface area contributed by atoms with Gasteiger partial charge in [0, 0.05) is 11.3 Å². The summed E-state index contributed by atoms with van der Waals surface area (Å²) in [4.78, 5) is 0. The summed E-state index contributed by atoms with van der Waals surface area (Å²) in [7, 11) is 0. The standard InChI is InChI=1S/C12H13N/c1-10-6-3-2-4-7-11-8-5-9-13-12(10)11/h2,4,7,13H,3,6,9H2,1H3. The summed E-state index contributed by atoms with van der Waals surface area (Å²) < 4.78 is 0. The lowest BCUT2D eigenvalue weighted by atomic mass is 10.00. The van der Waals surface area contributed by atoms with Crippen molar-refractivity contribution < 1.29 is 0 Å². The van der Waals surface area contributed by atoms with Gasteiger partial charge in [0.05, 0.1) is 6.54 Å². The van der Waals surface area contributed by atoms with Crippen LogP contribution in [0.2, 0.25) is 0 Å². The van der Waals surface area contributed by atoms with E-state index in [2.05, 4.69) is 42.3 Å². The fourth-order valence-electron chi connectivity index (χ4n) is 1.62. The summed E-state index contributed by atoms with van der Waals surface area (Å²) in [6, 6.07) is 0. The lowest BCUT2D eigenvalue weighted by molar-refractivity contribution is 0.860. The van der Waals surface area contributed by atoms with Crippen molar-refractivity contribution in [2.45, 2.75) is 19.8 Å². The fourth-order valence-corrected chi connectivity index (χ4v) is 1.62. The van der Waals surface area contributed by atoms with Crippen molar-refractivity contribution in [3.8, 4) is 11.8 Å². The van der Waals surface area contributed by atoms with Gasteiger partial charge in [-0.15, -0.1) is 0 Å². The van der Waals surface area contributed by atoms with Crippen LogP contribution in [0.3, 0.4) is 0 Å². The SMILES string of the molecule is CC1=C2NCC#CC2=CC=CCC1. The first kappa shape index (κ1) is 8.19. The highest BCUT2D eigenvalue weighted by molar-refractivity contribution is 5.51. The van der Waals surface area contributed by atoms with E-state index < -0.39 is 0 Å². The molecule has 1 nitrogen and oxygen atoms in total. The van der Waals surface area contributed by atoms with E-state index in [1.165, 1.54) is 11.3 Å². The molecule has 0 saturated carbocycles. The Kier molecular flexibility index (Phi) is 2.23. The molecule has 0 radical (unpaired) electrons. The van der Waals surface area contributed by atoms with Crippen molar-refractivity contribution in [3.05, 3.63) is 35.1 Å². The van der Waals surface area contributed by atoms with E-state index in [1.807, 2.05) is 0 Å². The molecule has 0 aromatic carbocycles. The van der Waals surface area contributed by atoms with Crippen LogP contribution in [0.15, 0.2) is 35.1 Å².